The van der Waals surface area contributed by atoms with Gasteiger partial charge in [0.05, 0.1) is 6.54 Å². The van der Waals surface area contributed by atoms with Gasteiger partial charge in [0.1, 0.15) is 18.1 Å². The number of aromatic amines is 1. The Bertz CT molecular complexity index is 760. The lowest BCUT2D eigenvalue weighted by Crippen LogP contribution is -2.29. The molecule has 0 atom stereocenters. The van der Waals surface area contributed by atoms with Gasteiger partial charge in [0.15, 0.2) is 0 Å². The molecule has 0 saturated carbocycles. The molecule has 1 aromatic heterocycles. The number of H-pyrrole nitrogens is 1. The van der Waals surface area contributed by atoms with Crippen LogP contribution in [0.5, 0.6) is 5.75 Å². The Morgan fingerprint density at radius 1 is 1.17 bits per heavy atom. The fourth-order valence-electron chi connectivity index (χ4n) is 1.74. The zero-order valence-corrected chi connectivity index (χ0v) is 13.3. The number of hydrogen-bond acceptors (Lipinski definition) is 6. The highest BCUT2D eigenvalue weighted by Gasteiger charge is 2.06. The van der Waals surface area contributed by atoms with Crippen LogP contribution in [0.4, 0.5) is 4.79 Å². The standard InChI is InChI=1S/C15H15N3O5S/c19-13-3-1-2-12(17-13)14(20)16-8-9-23-10-4-6-11(7-5-10)24-15(21)18-22/h1-7,22H,8-9H2,(H,16,20)(H,17,19)(H,18,21). The minimum absolute atomic E-state index is 0.186. The predicted octanol–water partition coefficient (Wildman–Crippen LogP) is 1.37. The molecule has 0 radical (unpaired) electrons. The van der Waals surface area contributed by atoms with E-state index in [2.05, 4.69) is 10.3 Å². The van der Waals surface area contributed by atoms with Gasteiger partial charge in [-0.15, -0.1) is 0 Å². The van der Waals surface area contributed by atoms with Crippen LogP contribution in [0.25, 0.3) is 0 Å². The zero-order chi connectivity index (χ0) is 17.4. The number of carbonyl (C=O) groups excluding carboxylic acids is 2. The van der Waals surface area contributed by atoms with Crippen LogP contribution in [0.3, 0.4) is 0 Å². The average Bonchev–Trinajstić information content (AvgIpc) is 2.59. The number of thioether (sulfide) groups is 1. The summed E-state index contributed by atoms with van der Waals surface area (Å²) < 4.78 is 5.46. The summed E-state index contributed by atoms with van der Waals surface area (Å²) in [5.41, 5.74) is 1.37. The number of amides is 2. The number of hydrogen-bond donors (Lipinski definition) is 4. The minimum Gasteiger partial charge on any atom is -0.492 e. The number of carbonyl (C=O) groups is 2. The third-order valence-electron chi connectivity index (χ3n) is 2.79. The molecule has 9 heteroatoms. The van der Waals surface area contributed by atoms with Gasteiger partial charge in [-0.3, -0.25) is 19.6 Å². The molecule has 2 rings (SSSR count). The Balaban J connectivity index is 1.75. The fraction of sp³-hybridized carbons (Fsp3) is 0.133. The molecular weight excluding hydrogens is 334 g/mol. The molecule has 2 aromatic rings. The highest BCUT2D eigenvalue weighted by molar-refractivity contribution is 8.13. The van der Waals surface area contributed by atoms with Gasteiger partial charge in [-0.1, -0.05) is 6.07 Å². The number of pyridine rings is 1. The van der Waals surface area contributed by atoms with E-state index in [0.717, 1.165) is 11.8 Å². The third-order valence-corrected chi connectivity index (χ3v) is 3.58. The van der Waals surface area contributed by atoms with E-state index in [1.807, 2.05) is 0 Å². The summed E-state index contributed by atoms with van der Waals surface area (Å²) in [6.45, 7) is 0.506. The summed E-state index contributed by atoms with van der Waals surface area (Å²) in [7, 11) is 0. The molecule has 8 nitrogen and oxygen atoms in total. The first-order valence-corrected chi connectivity index (χ1v) is 7.72. The van der Waals surface area contributed by atoms with Crippen LogP contribution in [0, 0.1) is 0 Å². The molecule has 0 spiro atoms. The van der Waals surface area contributed by atoms with Crippen LogP contribution in [0.1, 0.15) is 10.5 Å². The van der Waals surface area contributed by atoms with E-state index in [1.165, 1.54) is 23.7 Å². The topological polar surface area (TPSA) is 121 Å². The van der Waals surface area contributed by atoms with Crippen molar-refractivity contribution in [2.75, 3.05) is 13.2 Å². The van der Waals surface area contributed by atoms with Crippen LogP contribution in [0.2, 0.25) is 0 Å². The lowest BCUT2D eigenvalue weighted by atomic mass is 10.3. The molecule has 0 aliphatic heterocycles. The molecule has 1 heterocycles. The van der Waals surface area contributed by atoms with Crippen LogP contribution in [-0.4, -0.2) is 34.5 Å². The van der Waals surface area contributed by atoms with Gasteiger partial charge >= 0.3 is 5.24 Å². The van der Waals surface area contributed by atoms with E-state index < -0.39 is 11.1 Å². The molecular formula is C15H15N3O5S. The largest absolute Gasteiger partial charge is 0.492 e. The van der Waals surface area contributed by atoms with Crippen LogP contribution < -0.4 is 21.1 Å². The maximum atomic E-state index is 11.8. The summed E-state index contributed by atoms with van der Waals surface area (Å²) in [4.78, 5) is 37.0. The summed E-state index contributed by atoms with van der Waals surface area (Å²) in [6.07, 6.45) is 0. The molecule has 4 N–H and O–H groups in total. The molecule has 0 saturated heterocycles. The normalized spacial score (nSPS) is 10.0. The van der Waals surface area contributed by atoms with Gasteiger partial charge in [-0.05, 0) is 42.1 Å². The third kappa shape index (κ3) is 5.45. The highest BCUT2D eigenvalue weighted by Crippen LogP contribution is 2.21. The van der Waals surface area contributed by atoms with E-state index in [9.17, 15) is 14.4 Å². The maximum Gasteiger partial charge on any atom is 0.307 e. The molecule has 0 unspecified atom stereocenters. The Hall–Kier alpha value is -2.78. The molecule has 2 amide bonds. The minimum atomic E-state index is -0.578. The van der Waals surface area contributed by atoms with Crippen molar-refractivity contribution in [2.24, 2.45) is 0 Å². The zero-order valence-electron chi connectivity index (χ0n) is 12.4. The first-order valence-electron chi connectivity index (χ1n) is 6.91. The number of ether oxygens (including phenoxy) is 1. The molecule has 24 heavy (non-hydrogen) atoms. The highest BCUT2D eigenvalue weighted by atomic mass is 32.2. The fourth-order valence-corrected chi connectivity index (χ4v) is 2.27. The van der Waals surface area contributed by atoms with Crippen LogP contribution >= 0.6 is 11.8 Å². The predicted molar refractivity (Wildman–Crippen MR) is 87.5 cm³/mol. The van der Waals surface area contributed by atoms with Crippen molar-refractivity contribution < 1.29 is 19.5 Å². The van der Waals surface area contributed by atoms with Gasteiger partial charge in [0.25, 0.3) is 5.91 Å². The van der Waals surface area contributed by atoms with Gasteiger partial charge in [0, 0.05) is 11.0 Å². The second-order valence-electron chi connectivity index (χ2n) is 4.51. The number of nitrogens with one attached hydrogen (secondary N) is 3. The Kier molecular flexibility index (Phi) is 6.41. The van der Waals surface area contributed by atoms with Gasteiger partial charge in [-0.25, -0.2) is 5.48 Å². The van der Waals surface area contributed by atoms with E-state index in [4.69, 9.17) is 9.94 Å². The summed E-state index contributed by atoms with van der Waals surface area (Å²) in [5, 5.41) is 10.5. The average molecular weight is 349 g/mol. The smallest absolute Gasteiger partial charge is 0.307 e. The van der Waals surface area contributed by atoms with E-state index >= 15 is 0 Å². The second-order valence-corrected chi connectivity index (χ2v) is 5.55. The first kappa shape index (κ1) is 17.6. The van der Waals surface area contributed by atoms with Gasteiger partial charge in [0.2, 0.25) is 5.56 Å². The van der Waals surface area contributed by atoms with Crippen LogP contribution in [0.15, 0.2) is 52.2 Å². The Morgan fingerprint density at radius 3 is 2.58 bits per heavy atom. The maximum absolute atomic E-state index is 11.8. The number of rotatable bonds is 6. The second kappa shape index (κ2) is 8.75. The Labute approximate surface area is 141 Å². The van der Waals surface area contributed by atoms with Gasteiger partial charge < -0.3 is 15.0 Å². The molecule has 126 valence electrons. The molecule has 0 aliphatic carbocycles. The van der Waals surface area contributed by atoms with E-state index in [0.29, 0.717) is 10.6 Å². The number of benzene rings is 1. The Morgan fingerprint density at radius 2 is 1.92 bits per heavy atom. The monoisotopic (exact) mass is 349 g/mol. The molecule has 0 bridgehead atoms. The SMILES string of the molecule is O=C(NO)Sc1ccc(OCCNC(=O)c2cccc(=O)[nH]2)cc1. The summed E-state index contributed by atoms with van der Waals surface area (Å²) in [5.74, 6) is 0.184. The van der Waals surface area contributed by atoms with Crippen molar-refractivity contribution in [3.63, 3.8) is 0 Å². The van der Waals surface area contributed by atoms with Crippen molar-refractivity contribution >= 4 is 22.9 Å². The quantitative estimate of drug-likeness (QED) is 0.271. The van der Waals surface area contributed by atoms with E-state index in [-0.39, 0.29) is 24.4 Å². The molecule has 0 fully saturated rings. The van der Waals surface area contributed by atoms with Crippen molar-refractivity contribution in [3.05, 3.63) is 58.5 Å². The lowest BCUT2D eigenvalue weighted by molar-refractivity contribution is 0.0941. The molecule has 1 aromatic carbocycles. The van der Waals surface area contributed by atoms with Crippen molar-refractivity contribution in [3.8, 4) is 5.75 Å². The molecule has 0 aliphatic rings. The van der Waals surface area contributed by atoms with Crippen molar-refractivity contribution in [2.45, 2.75) is 4.90 Å². The van der Waals surface area contributed by atoms with Gasteiger partial charge in [-0.2, -0.15) is 0 Å². The van der Waals surface area contributed by atoms with E-state index in [1.54, 1.807) is 24.3 Å². The number of aromatic nitrogens is 1. The first-order chi connectivity index (χ1) is 11.6. The number of hydroxylamine groups is 1. The summed E-state index contributed by atoms with van der Waals surface area (Å²) in [6, 6.07) is 11.0. The lowest BCUT2D eigenvalue weighted by Gasteiger charge is -2.08. The summed E-state index contributed by atoms with van der Waals surface area (Å²) >= 11 is 0.842. The van der Waals surface area contributed by atoms with Crippen LogP contribution in [-0.2, 0) is 0 Å². The van der Waals surface area contributed by atoms with Crippen molar-refractivity contribution in [1.29, 1.82) is 0 Å². The van der Waals surface area contributed by atoms with Crippen molar-refractivity contribution in [1.82, 2.24) is 15.8 Å².